The molecule has 0 radical (unpaired) electrons. The molecule has 4 saturated heterocycles. The van der Waals surface area contributed by atoms with Crippen LogP contribution in [0.4, 0.5) is 0 Å². The summed E-state index contributed by atoms with van der Waals surface area (Å²) in [6.45, 7) is -2.57. The van der Waals surface area contributed by atoms with Crippen LogP contribution in [0, 0.1) is 0 Å². The number of aliphatic hydroxyl groups is 14. The number of aliphatic hydroxyl groups excluding tert-OH is 14. The molecule has 0 amide bonds. The molecule has 0 aliphatic carbocycles. The molecule has 10 heterocycles. The third kappa shape index (κ3) is 15.3. The lowest BCUT2D eigenvalue weighted by Crippen LogP contribution is -2.55. The monoisotopic (exact) mass is 1760 g/mol. The molecule has 12 aromatic rings. The SMILES string of the molecule is O=c1cc(-c2cc(O)c(O)c(O)c2)oc2c3c(cc(O)c12)O[C@H]1[C@@H](O)[C@H](O)[C@@H](CO)O[C@@H]31.O=c1cc(-c2cc(O)c(O)c(O)c2)oc2cc3c(c(O)c12)[C@@H]1O[C@H](CO)[C@@H](O)[C@H](O)[C@@H]1O3.O=c1cc(-c2ccc(O)cc2)oc2cc(O)c([C@@H]3O[C@H](CO)[C@@H](O)[C@H](O)[C@@H]3O)c(O)c12.O=c1cc(-c2cccc(O)c2)oc2cc(O)c([C@@H]3O[C@H](CO)[C@@H](O)[C@H](O)[C@@H]3O)c(O)c12. The maximum Gasteiger partial charge on any atom is 0.200 e. The predicted molar refractivity (Wildman–Crippen MR) is 423 cm³/mol. The van der Waals surface area contributed by atoms with Crippen molar-refractivity contribution < 1.29 is 189 Å². The fraction of sp³-hybridized carbons (Fsp3) is 0.286. The third-order valence-electron chi connectivity index (χ3n) is 22.2. The Morgan fingerprint density at radius 1 is 0.262 bits per heavy atom. The summed E-state index contributed by atoms with van der Waals surface area (Å²) in [5.74, 6) is -7.58. The summed E-state index contributed by atoms with van der Waals surface area (Å²) >= 11 is 0. The fourth-order valence-electron chi connectivity index (χ4n) is 15.7. The number of phenols is 14. The molecule has 20 atom stereocenters. The van der Waals surface area contributed by atoms with Gasteiger partial charge < -0.3 is 189 Å². The van der Waals surface area contributed by atoms with E-state index in [4.69, 9.17) is 46.1 Å². The van der Waals surface area contributed by atoms with Gasteiger partial charge in [-0.25, -0.2) is 0 Å². The van der Waals surface area contributed by atoms with Gasteiger partial charge in [0.2, 0.25) is 0 Å². The van der Waals surface area contributed by atoms with E-state index in [0.717, 1.165) is 60.7 Å². The van der Waals surface area contributed by atoms with Gasteiger partial charge in [0, 0.05) is 70.8 Å². The lowest BCUT2D eigenvalue weighted by atomic mass is 9.89. The number of rotatable bonds is 10. The second-order valence-electron chi connectivity index (χ2n) is 30.0. The van der Waals surface area contributed by atoms with Crippen LogP contribution in [0.1, 0.15) is 46.7 Å². The number of fused-ring (bicyclic) bond motifs is 11. The Morgan fingerprint density at radius 2 is 0.611 bits per heavy atom. The van der Waals surface area contributed by atoms with E-state index in [1.54, 1.807) is 12.1 Å². The molecule has 4 aromatic heterocycles. The molecule has 6 aliphatic heterocycles. The van der Waals surface area contributed by atoms with Gasteiger partial charge in [-0.05, 0) is 60.7 Å². The van der Waals surface area contributed by atoms with Crippen LogP contribution < -0.4 is 31.2 Å². The minimum Gasteiger partial charge on any atom is -0.508 e. The molecule has 42 nitrogen and oxygen atoms in total. The number of benzene rings is 8. The van der Waals surface area contributed by atoms with Crippen molar-refractivity contribution in [1.82, 2.24) is 0 Å². The van der Waals surface area contributed by atoms with Crippen LogP contribution in [0.15, 0.2) is 158 Å². The number of aromatic hydroxyl groups is 14. The summed E-state index contributed by atoms with van der Waals surface area (Å²) in [4.78, 5) is 51.1. The molecule has 0 saturated carbocycles. The van der Waals surface area contributed by atoms with Gasteiger partial charge in [0.15, 0.2) is 74.0 Å². The highest BCUT2D eigenvalue weighted by molar-refractivity contribution is 5.93. The molecule has 6 aliphatic rings. The molecule has 0 spiro atoms. The van der Waals surface area contributed by atoms with Gasteiger partial charge in [0.25, 0.3) is 0 Å². The van der Waals surface area contributed by atoms with E-state index in [1.165, 1.54) is 48.5 Å². The number of ether oxygens (including phenoxy) is 6. The van der Waals surface area contributed by atoms with Crippen LogP contribution in [-0.2, 0) is 18.9 Å². The number of phenolic OH excluding ortho intramolecular Hbond substituents is 14. The lowest BCUT2D eigenvalue weighted by molar-refractivity contribution is -0.232. The highest BCUT2D eigenvalue weighted by Gasteiger charge is 2.55. The Bertz CT molecular complexity index is 6430. The predicted octanol–water partition coefficient (Wildman–Crippen LogP) is 0.578. The van der Waals surface area contributed by atoms with Crippen LogP contribution >= 0.6 is 0 Å². The van der Waals surface area contributed by atoms with E-state index in [2.05, 4.69) is 0 Å². The highest BCUT2D eigenvalue weighted by Crippen LogP contribution is 2.55. The van der Waals surface area contributed by atoms with Gasteiger partial charge in [-0.1, -0.05) is 12.1 Å². The van der Waals surface area contributed by atoms with Crippen molar-refractivity contribution in [2.75, 3.05) is 26.4 Å². The van der Waals surface area contributed by atoms with Crippen LogP contribution in [0.25, 0.3) is 89.2 Å². The molecule has 126 heavy (non-hydrogen) atoms. The van der Waals surface area contributed by atoms with Gasteiger partial charge in [0.05, 0.1) is 48.7 Å². The van der Waals surface area contributed by atoms with E-state index in [1.807, 2.05) is 0 Å². The third-order valence-corrected chi connectivity index (χ3v) is 22.2. The zero-order valence-corrected chi connectivity index (χ0v) is 64.2. The second-order valence-corrected chi connectivity index (χ2v) is 30.0. The zero-order valence-electron chi connectivity index (χ0n) is 64.2. The topological polar surface area (TPSA) is 743 Å². The van der Waals surface area contributed by atoms with Crippen molar-refractivity contribution in [2.24, 2.45) is 0 Å². The largest absolute Gasteiger partial charge is 0.508 e. The van der Waals surface area contributed by atoms with Gasteiger partial charge in [-0.2, -0.15) is 0 Å². The Hall–Kier alpha value is -13.3. The molecule has 42 heteroatoms. The quantitative estimate of drug-likeness (QED) is 0.0833. The number of hydrogen-bond donors (Lipinski definition) is 28. The minimum atomic E-state index is -1.77. The van der Waals surface area contributed by atoms with Crippen molar-refractivity contribution in [3.8, 4) is 137 Å². The van der Waals surface area contributed by atoms with Crippen LogP contribution in [0.5, 0.6) is 92.0 Å². The molecule has 0 unspecified atom stereocenters. The second kappa shape index (κ2) is 34.0. The van der Waals surface area contributed by atoms with Gasteiger partial charge in [-0.3, -0.25) is 19.2 Å². The normalized spacial score (nSPS) is 26.4. The Labute approximate surface area is 700 Å². The maximum absolute atomic E-state index is 12.8. The first-order chi connectivity index (χ1) is 59.9. The summed E-state index contributed by atoms with van der Waals surface area (Å²) < 4.78 is 56.2. The van der Waals surface area contributed by atoms with E-state index >= 15 is 0 Å². The van der Waals surface area contributed by atoms with Crippen molar-refractivity contribution in [3.05, 3.63) is 184 Å². The summed E-state index contributed by atoms with van der Waals surface area (Å²) in [6.07, 6.45) is -28.2. The molecule has 8 aromatic carbocycles. The van der Waals surface area contributed by atoms with E-state index in [0.29, 0.717) is 11.1 Å². The van der Waals surface area contributed by atoms with Crippen molar-refractivity contribution in [3.63, 3.8) is 0 Å². The van der Waals surface area contributed by atoms with Crippen molar-refractivity contribution >= 4 is 43.9 Å². The Balaban J connectivity index is 0.000000130. The standard InChI is InChI=1S/2C21H18O11.2C21H20O10/c22-5-13-17(28)18(29)21-20(32-13)15-12(31-21)4-8(24)14-7(23)3-11(30-19(14)15)6-1-9(25)16(27)10(26)2-6;22-5-13-17(27)19(29)21-20(32-13)15-12(31-21)4-11-14(18(15)28)7(23)3-10(30-11)6-1-8(24)16(26)9(25)2-6;22-7-14-17(26)19(28)20(29)21(31-14)16-11(25)6-13-15(18(16)27)10(24)5-12(30-13)8-1-3-9(23)4-2-8;22-7-14-17(26)19(28)20(29)21(31-14)16-11(25)6-13-15(18(16)27)10(24)5-12(30-13)8-2-1-3-9(23)4-8/h1-4,13,17-18,20-22,24-29H,5H2;1-4,13,17,19-22,24-29H,5H2;2*1-6,14,17,19-23,25-29H,7H2/t13-,17-,18+,20+,21+;13-,17-,19+,20+,21+;2*14-,17-,19+,20+,21+/m1111/s1. The Kier molecular flexibility index (Phi) is 23.6. The maximum atomic E-state index is 12.8. The first-order valence-electron chi connectivity index (χ1n) is 37.9. The summed E-state index contributed by atoms with van der Waals surface area (Å²) in [7, 11) is 0. The first kappa shape index (κ1) is 87.6. The fourth-order valence-corrected chi connectivity index (χ4v) is 15.7. The van der Waals surface area contributed by atoms with Crippen molar-refractivity contribution in [1.29, 1.82) is 0 Å². The Morgan fingerprint density at radius 3 is 1.02 bits per heavy atom. The van der Waals surface area contributed by atoms with Crippen LogP contribution in [0.2, 0.25) is 0 Å². The van der Waals surface area contributed by atoms with Gasteiger partial charge in [-0.15, -0.1) is 0 Å². The summed E-state index contributed by atoms with van der Waals surface area (Å²) in [6, 6.07) is 24.9. The highest BCUT2D eigenvalue weighted by atomic mass is 16.6. The molecular formula is C84H76O42. The average molecular weight is 1760 g/mol. The van der Waals surface area contributed by atoms with Gasteiger partial charge >= 0.3 is 0 Å². The summed E-state index contributed by atoms with van der Waals surface area (Å²) in [5.41, 5.74) is -2.77. The smallest absolute Gasteiger partial charge is 0.200 e. The van der Waals surface area contributed by atoms with E-state index < -0.39 is 250 Å². The van der Waals surface area contributed by atoms with E-state index in [-0.39, 0.29) is 112 Å². The molecule has 28 N–H and O–H groups in total. The van der Waals surface area contributed by atoms with Crippen LogP contribution in [0.3, 0.4) is 0 Å². The zero-order chi connectivity index (χ0) is 90.7. The van der Waals surface area contributed by atoms with Crippen LogP contribution in [-0.4, -0.2) is 267 Å². The van der Waals surface area contributed by atoms with E-state index in [9.17, 15) is 162 Å². The molecule has 0 bridgehead atoms. The first-order valence-corrected chi connectivity index (χ1v) is 37.9. The average Bonchev–Trinajstić information content (AvgIpc) is 1.55. The van der Waals surface area contributed by atoms with Crippen molar-refractivity contribution in [2.45, 2.75) is 122 Å². The van der Waals surface area contributed by atoms with Gasteiger partial charge in [0.1, 0.15) is 229 Å². The molecular weight excluding hydrogens is 1680 g/mol. The minimum absolute atomic E-state index is 0.0198. The molecule has 664 valence electrons. The molecule has 4 fully saturated rings. The lowest BCUT2D eigenvalue weighted by Gasteiger charge is -2.40. The number of hydrogen-bond acceptors (Lipinski definition) is 42. The summed E-state index contributed by atoms with van der Waals surface area (Å²) in [5, 5.41) is 279. The molecule has 18 rings (SSSR count).